The SMILES string of the molecule is Cc1ccc(CN2C(=O)S/C(=C\c3ccc(C)c([N+](=O)[O-])c3)C2=O)cc1. The highest BCUT2D eigenvalue weighted by Crippen LogP contribution is 2.34. The lowest BCUT2D eigenvalue weighted by Crippen LogP contribution is -2.27. The van der Waals surface area contributed by atoms with E-state index in [-0.39, 0.29) is 28.3 Å². The van der Waals surface area contributed by atoms with Crippen LogP contribution in [0, 0.1) is 24.0 Å². The van der Waals surface area contributed by atoms with Gasteiger partial charge in [-0.25, -0.2) is 0 Å². The number of hydrogen-bond acceptors (Lipinski definition) is 5. The quantitative estimate of drug-likeness (QED) is 0.452. The second kappa shape index (κ2) is 7.13. The van der Waals surface area contributed by atoms with Gasteiger partial charge in [0.2, 0.25) is 0 Å². The average molecular weight is 368 g/mol. The van der Waals surface area contributed by atoms with Gasteiger partial charge in [-0.15, -0.1) is 0 Å². The molecule has 0 unspecified atom stereocenters. The van der Waals surface area contributed by atoms with Crippen molar-refractivity contribution in [1.82, 2.24) is 4.90 Å². The van der Waals surface area contributed by atoms with Crippen LogP contribution in [0.1, 0.15) is 22.3 Å². The first-order valence-electron chi connectivity index (χ1n) is 7.91. The minimum atomic E-state index is -0.462. The van der Waals surface area contributed by atoms with Crippen molar-refractivity contribution in [2.45, 2.75) is 20.4 Å². The lowest BCUT2D eigenvalue weighted by atomic mass is 10.1. The van der Waals surface area contributed by atoms with Crippen LogP contribution in [-0.4, -0.2) is 21.0 Å². The zero-order valence-corrected chi connectivity index (χ0v) is 15.1. The van der Waals surface area contributed by atoms with Gasteiger partial charge >= 0.3 is 0 Å². The van der Waals surface area contributed by atoms with E-state index in [4.69, 9.17) is 0 Å². The molecule has 0 spiro atoms. The summed E-state index contributed by atoms with van der Waals surface area (Å²) >= 11 is 0.846. The number of hydrogen-bond donors (Lipinski definition) is 0. The summed E-state index contributed by atoms with van der Waals surface area (Å²) in [7, 11) is 0. The highest BCUT2D eigenvalue weighted by atomic mass is 32.2. The van der Waals surface area contributed by atoms with Gasteiger partial charge in [0.15, 0.2) is 0 Å². The molecular weight excluding hydrogens is 352 g/mol. The van der Waals surface area contributed by atoms with Gasteiger partial charge in [0.05, 0.1) is 16.4 Å². The van der Waals surface area contributed by atoms with E-state index in [1.807, 2.05) is 31.2 Å². The summed E-state index contributed by atoms with van der Waals surface area (Å²) in [6.07, 6.45) is 1.52. The zero-order valence-electron chi connectivity index (χ0n) is 14.3. The molecule has 0 aliphatic carbocycles. The third kappa shape index (κ3) is 3.67. The summed E-state index contributed by atoms with van der Waals surface area (Å²) in [5, 5.41) is 10.7. The van der Waals surface area contributed by atoms with Gasteiger partial charge in [0.1, 0.15) is 0 Å². The van der Waals surface area contributed by atoms with E-state index in [0.717, 1.165) is 22.9 Å². The fourth-order valence-corrected chi connectivity index (χ4v) is 3.41. The molecule has 1 fully saturated rings. The maximum atomic E-state index is 12.6. The predicted octanol–water partition coefficient (Wildman–Crippen LogP) is 4.45. The number of amides is 2. The molecule has 26 heavy (non-hydrogen) atoms. The number of nitro groups is 1. The molecule has 1 saturated heterocycles. The summed E-state index contributed by atoms with van der Waals surface area (Å²) in [5.74, 6) is -0.385. The van der Waals surface area contributed by atoms with Gasteiger partial charge in [0.25, 0.3) is 16.8 Å². The van der Waals surface area contributed by atoms with Crippen LogP contribution in [-0.2, 0) is 11.3 Å². The first-order chi connectivity index (χ1) is 12.3. The van der Waals surface area contributed by atoms with Gasteiger partial charge in [0, 0.05) is 11.6 Å². The highest BCUT2D eigenvalue weighted by Gasteiger charge is 2.35. The summed E-state index contributed by atoms with van der Waals surface area (Å²) < 4.78 is 0. The molecule has 7 heteroatoms. The van der Waals surface area contributed by atoms with Crippen LogP contribution in [0.3, 0.4) is 0 Å². The van der Waals surface area contributed by atoms with Crippen LogP contribution in [0.15, 0.2) is 47.4 Å². The third-order valence-corrected chi connectivity index (χ3v) is 4.97. The first kappa shape index (κ1) is 17.9. The molecule has 6 nitrogen and oxygen atoms in total. The van der Waals surface area contributed by atoms with Gasteiger partial charge < -0.3 is 0 Å². The summed E-state index contributed by atoms with van der Waals surface area (Å²) in [6, 6.07) is 12.3. The van der Waals surface area contributed by atoms with E-state index >= 15 is 0 Å². The standard InChI is InChI=1S/C19H16N2O4S/c1-12-3-6-14(7-4-12)11-20-18(22)17(26-19(20)23)10-15-8-5-13(2)16(9-15)21(24)25/h3-10H,11H2,1-2H3/b17-10-. The van der Waals surface area contributed by atoms with E-state index in [1.54, 1.807) is 19.1 Å². The highest BCUT2D eigenvalue weighted by molar-refractivity contribution is 8.18. The second-order valence-electron chi connectivity index (χ2n) is 6.06. The molecule has 0 radical (unpaired) electrons. The number of thioether (sulfide) groups is 1. The average Bonchev–Trinajstić information content (AvgIpc) is 2.85. The Bertz CT molecular complexity index is 935. The molecule has 2 amide bonds. The fourth-order valence-electron chi connectivity index (χ4n) is 2.58. The van der Waals surface area contributed by atoms with E-state index in [1.165, 1.54) is 17.0 Å². The second-order valence-corrected chi connectivity index (χ2v) is 7.05. The molecule has 1 aliphatic heterocycles. The van der Waals surface area contributed by atoms with Gasteiger partial charge in [-0.3, -0.25) is 24.6 Å². The van der Waals surface area contributed by atoms with Crippen LogP contribution in [0.25, 0.3) is 6.08 Å². The third-order valence-electron chi connectivity index (χ3n) is 4.06. The van der Waals surface area contributed by atoms with Crippen molar-refractivity contribution in [3.05, 3.63) is 79.7 Å². The maximum absolute atomic E-state index is 12.6. The number of rotatable bonds is 4. The molecule has 0 saturated carbocycles. The molecule has 2 aromatic rings. The zero-order chi connectivity index (χ0) is 18.8. The van der Waals surface area contributed by atoms with Crippen molar-refractivity contribution in [1.29, 1.82) is 0 Å². The van der Waals surface area contributed by atoms with E-state index in [9.17, 15) is 19.7 Å². The molecule has 0 bridgehead atoms. The van der Waals surface area contributed by atoms with Crippen molar-refractivity contribution >= 4 is 34.7 Å². The Morgan fingerprint density at radius 3 is 2.46 bits per heavy atom. The Kier molecular flexibility index (Phi) is 4.90. The van der Waals surface area contributed by atoms with Crippen LogP contribution < -0.4 is 0 Å². The van der Waals surface area contributed by atoms with Crippen molar-refractivity contribution in [2.75, 3.05) is 0 Å². The number of carbonyl (C=O) groups excluding carboxylic acids is 2. The van der Waals surface area contributed by atoms with Crippen molar-refractivity contribution < 1.29 is 14.5 Å². The number of imide groups is 1. The van der Waals surface area contributed by atoms with Crippen molar-refractivity contribution in [2.24, 2.45) is 0 Å². The number of carbonyl (C=O) groups is 2. The number of benzene rings is 2. The summed E-state index contributed by atoms with van der Waals surface area (Å²) in [5.41, 5.74) is 3.01. The van der Waals surface area contributed by atoms with Gasteiger partial charge in [-0.1, -0.05) is 42.0 Å². The largest absolute Gasteiger partial charge is 0.293 e. The van der Waals surface area contributed by atoms with E-state index in [0.29, 0.717) is 11.1 Å². The Labute approximate surface area is 154 Å². The van der Waals surface area contributed by atoms with Gasteiger partial charge in [-0.2, -0.15) is 0 Å². The van der Waals surface area contributed by atoms with Gasteiger partial charge in [-0.05, 0) is 42.8 Å². The molecule has 2 aromatic carbocycles. The minimum absolute atomic E-state index is 0.0161. The number of nitrogens with zero attached hydrogens (tertiary/aromatic N) is 2. The lowest BCUT2D eigenvalue weighted by molar-refractivity contribution is -0.385. The Hall–Kier alpha value is -2.93. The minimum Gasteiger partial charge on any atom is -0.268 e. The van der Waals surface area contributed by atoms with Crippen LogP contribution in [0.2, 0.25) is 0 Å². The smallest absolute Gasteiger partial charge is 0.268 e. The Morgan fingerprint density at radius 2 is 1.81 bits per heavy atom. The first-order valence-corrected chi connectivity index (χ1v) is 8.73. The molecular formula is C19H16N2O4S. The van der Waals surface area contributed by atoms with Crippen LogP contribution in [0.5, 0.6) is 0 Å². The van der Waals surface area contributed by atoms with E-state index < -0.39 is 4.92 Å². The number of nitro benzene ring substituents is 1. The Morgan fingerprint density at radius 1 is 1.12 bits per heavy atom. The molecule has 132 valence electrons. The molecule has 0 atom stereocenters. The summed E-state index contributed by atoms with van der Waals surface area (Å²) in [4.78, 5) is 36.8. The fraction of sp³-hybridized carbons (Fsp3) is 0.158. The molecule has 1 aliphatic rings. The predicted molar refractivity (Wildman–Crippen MR) is 101 cm³/mol. The van der Waals surface area contributed by atoms with Crippen LogP contribution >= 0.6 is 11.8 Å². The molecule has 3 rings (SSSR count). The monoisotopic (exact) mass is 368 g/mol. The lowest BCUT2D eigenvalue weighted by Gasteiger charge is -2.12. The van der Waals surface area contributed by atoms with Crippen molar-refractivity contribution in [3.8, 4) is 0 Å². The molecule has 1 heterocycles. The summed E-state index contributed by atoms with van der Waals surface area (Å²) in [6.45, 7) is 3.82. The number of aryl methyl sites for hydroxylation is 2. The normalized spacial score (nSPS) is 15.8. The molecule has 0 aromatic heterocycles. The topological polar surface area (TPSA) is 80.5 Å². The van der Waals surface area contributed by atoms with Crippen molar-refractivity contribution in [3.63, 3.8) is 0 Å². The molecule has 0 N–H and O–H groups in total. The maximum Gasteiger partial charge on any atom is 0.293 e. The van der Waals surface area contributed by atoms with E-state index in [2.05, 4.69) is 0 Å². The Balaban J connectivity index is 1.84. The van der Waals surface area contributed by atoms with Crippen LogP contribution in [0.4, 0.5) is 10.5 Å².